The number of hydrogen-bond donors (Lipinski definition) is 0. The number of halogens is 1. The normalized spacial score (nSPS) is 18.7. The van der Waals surface area contributed by atoms with Gasteiger partial charge in [0.1, 0.15) is 0 Å². The lowest BCUT2D eigenvalue weighted by atomic mass is 10.1. The van der Waals surface area contributed by atoms with E-state index < -0.39 is 19.9 Å². The van der Waals surface area contributed by atoms with Gasteiger partial charge in [-0.3, -0.25) is 14.9 Å². The summed E-state index contributed by atoms with van der Waals surface area (Å²) in [5.41, 5.74) is 1.16. The quantitative estimate of drug-likeness (QED) is 0.462. The van der Waals surface area contributed by atoms with Crippen LogP contribution < -0.4 is 4.90 Å². The van der Waals surface area contributed by atoms with E-state index in [0.717, 1.165) is 5.56 Å². The van der Waals surface area contributed by atoms with Crippen LogP contribution >= 0.6 is 10.7 Å². The number of rotatable bonds is 5. The Kier molecular flexibility index (Phi) is 4.72. The average molecular weight is 347 g/mol. The molecule has 1 aromatic rings. The van der Waals surface area contributed by atoms with Crippen LogP contribution in [-0.2, 0) is 20.3 Å². The summed E-state index contributed by atoms with van der Waals surface area (Å²) >= 11 is 0. The van der Waals surface area contributed by atoms with Gasteiger partial charge in [0.25, 0.3) is 5.69 Å². The lowest BCUT2D eigenvalue weighted by Crippen LogP contribution is -2.26. The first-order chi connectivity index (χ1) is 10.2. The molecule has 1 unspecified atom stereocenters. The Bertz CT molecular complexity index is 719. The van der Waals surface area contributed by atoms with Crippen molar-refractivity contribution in [1.82, 2.24) is 0 Å². The summed E-state index contributed by atoms with van der Waals surface area (Å²) in [7, 11) is 1.54. The van der Waals surface area contributed by atoms with E-state index in [1.165, 1.54) is 17.0 Å². The molecule has 1 atom stereocenters. The van der Waals surface area contributed by atoms with E-state index in [0.29, 0.717) is 12.1 Å². The van der Waals surface area contributed by atoms with E-state index in [4.69, 9.17) is 10.7 Å². The highest BCUT2D eigenvalue weighted by molar-refractivity contribution is 8.13. The second kappa shape index (κ2) is 6.21. The average Bonchev–Trinajstić information content (AvgIpc) is 2.76. The van der Waals surface area contributed by atoms with Crippen molar-refractivity contribution in [2.45, 2.75) is 19.8 Å². The summed E-state index contributed by atoms with van der Waals surface area (Å²) in [6.45, 7) is 2.07. The van der Waals surface area contributed by atoms with Gasteiger partial charge in [0.2, 0.25) is 15.0 Å². The highest BCUT2D eigenvalue weighted by Crippen LogP contribution is 2.32. The molecule has 7 nitrogen and oxygen atoms in total. The topological polar surface area (TPSA) is 97.6 Å². The minimum absolute atomic E-state index is 0.0673. The van der Waals surface area contributed by atoms with Crippen LogP contribution in [0.5, 0.6) is 0 Å². The lowest BCUT2D eigenvalue weighted by molar-refractivity contribution is -0.384. The first-order valence-electron chi connectivity index (χ1n) is 6.71. The smallest absolute Gasteiger partial charge is 0.271 e. The van der Waals surface area contributed by atoms with Crippen LogP contribution in [0.3, 0.4) is 0 Å². The maximum Gasteiger partial charge on any atom is 0.271 e. The molecule has 1 heterocycles. The van der Waals surface area contributed by atoms with Crippen molar-refractivity contribution in [3.8, 4) is 0 Å². The fourth-order valence-corrected chi connectivity index (χ4v) is 3.94. The van der Waals surface area contributed by atoms with Gasteiger partial charge in [0, 0.05) is 41.7 Å². The summed E-state index contributed by atoms with van der Waals surface area (Å²) < 4.78 is 22.3. The molecular formula is C13H15ClN2O5S. The van der Waals surface area contributed by atoms with Crippen molar-refractivity contribution in [2.75, 3.05) is 17.2 Å². The van der Waals surface area contributed by atoms with Crippen LogP contribution in [0.15, 0.2) is 18.2 Å². The largest absolute Gasteiger partial charge is 0.312 e. The molecule has 1 aliphatic rings. The van der Waals surface area contributed by atoms with Gasteiger partial charge in [-0.2, -0.15) is 0 Å². The molecule has 1 amide bonds. The van der Waals surface area contributed by atoms with E-state index in [-0.39, 0.29) is 30.3 Å². The first-order valence-corrected chi connectivity index (χ1v) is 9.19. The fourth-order valence-electron chi connectivity index (χ4n) is 2.62. The summed E-state index contributed by atoms with van der Waals surface area (Å²) in [6.07, 6.45) is 0.674. The maximum absolute atomic E-state index is 12.1. The van der Waals surface area contributed by atoms with E-state index in [2.05, 4.69) is 0 Å². The third-order valence-electron chi connectivity index (χ3n) is 3.59. The van der Waals surface area contributed by atoms with Crippen molar-refractivity contribution in [1.29, 1.82) is 0 Å². The van der Waals surface area contributed by atoms with Crippen LogP contribution in [0.1, 0.15) is 18.9 Å². The number of nitro groups is 1. The summed E-state index contributed by atoms with van der Waals surface area (Å²) in [5.74, 6) is -0.938. The van der Waals surface area contributed by atoms with Crippen molar-refractivity contribution in [3.05, 3.63) is 33.9 Å². The number of amides is 1. The zero-order chi connectivity index (χ0) is 16.5. The molecule has 1 aromatic carbocycles. The van der Waals surface area contributed by atoms with Crippen molar-refractivity contribution >= 4 is 37.0 Å². The third-order valence-corrected chi connectivity index (χ3v) is 4.84. The van der Waals surface area contributed by atoms with Gasteiger partial charge in [-0.15, -0.1) is 0 Å². The van der Waals surface area contributed by atoms with E-state index in [9.17, 15) is 23.3 Å². The molecular weight excluding hydrogens is 332 g/mol. The maximum atomic E-state index is 12.1. The zero-order valence-electron chi connectivity index (χ0n) is 11.9. The zero-order valence-corrected chi connectivity index (χ0v) is 13.4. The number of nitrogens with zero attached hydrogens (tertiary/aromatic N) is 2. The van der Waals surface area contributed by atoms with Crippen molar-refractivity contribution in [3.63, 3.8) is 0 Å². The Morgan fingerprint density at radius 2 is 2.14 bits per heavy atom. The van der Waals surface area contributed by atoms with Gasteiger partial charge in [-0.25, -0.2) is 8.42 Å². The van der Waals surface area contributed by atoms with Crippen molar-refractivity contribution < 1.29 is 18.1 Å². The molecule has 22 heavy (non-hydrogen) atoms. The Morgan fingerprint density at radius 3 is 2.68 bits per heavy atom. The van der Waals surface area contributed by atoms with E-state index >= 15 is 0 Å². The Labute approximate surface area is 132 Å². The number of nitro benzene ring substituents is 1. The van der Waals surface area contributed by atoms with Gasteiger partial charge < -0.3 is 4.90 Å². The van der Waals surface area contributed by atoms with Crippen LogP contribution in [0.4, 0.5) is 11.4 Å². The minimum Gasteiger partial charge on any atom is -0.312 e. The van der Waals surface area contributed by atoms with Gasteiger partial charge in [0.15, 0.2) is 0 Å². The van der Waals surface area contributed by atoms with Crippen LogP contribution in [-0.4, -0.2) is 31.5 Å². The standard InChI is InChI=1S/C13H15ClN2O5S/c1-2-10-3-4-11(16(18)19)6-12(10)15-7-9(5-13(15)17)8-22(14,20)21/h3-4,6,9H,2,5,7-8H2,1H3. The molecule has 1 saturated heterocycles. The number of carbonyl (C=O) groups is 1. The van der Waals surface area contributed by atoms with E-state index in [1.807, 2.05) is 6.92 Å². The molecule has 2 rings (SSSR count). The number of carbonyl (C=O) groups excluding carboxylic acids is 1. The summed E-state index contributed by atoms with van der Waals surface area (Å²) in [4.78, 5) is 23.9. The number of benzene rings is 1. The number of aryl methyl sites for hydroxylation is 1. The number of non-ortho nitro benzene ring substituents is 1. The molecule has 9 heteroatoms. The SMILES string of the molecule is CCc1ccc([N+](=O)[O-])cc1N1CC(CS(=O)(=O)Cl)CC1=O. The third kappa shape index (κ3) is 3.75. The van der Waals surface area contributed by atoms with Crippen LogP contribution in [0.25, 0.3) is 0 Å². The molecule has 0 spiro atoms. The Balaban J connectivity index is 2.33. The molecule has 0 aliphatic carbocycles. The van der Waals surface area contributed by atoms with Gasteiger partial charge in [-0.05, 0) is 12.0 Å². The highest BCUT2D eigenvalue weighted by Gasteiger charge is 2.34. The molecule has 0 saturated carbocycles. The van der Waals surface area contributed by atoms with E-state index in [1.54, 1.807) is 6.07 Å². The summed E-state index contributed by atoms with van der Waals surface area (Å²) in [5, 5.41) is 10.9. The lowest BCUT2D eigenvalue weighted by Gasteiger charge is -2.19. The van der Waals surface area contributed by atoms with Gasteiger partial charge in [-0.1, -0.05) is 13.0 Å². The predicted octanol–water partition coefficient (Wildman–Crippen LogP) is 2.08. The van der Waals surface area contributed by atoms with Gasteiger partial charge in [0.05, 0.1) is 16.4 Å². The molecule has 1 aliphatic heterocycles. The van der Waals surface area contributed by atoms with Gasteiger partial charge >= 0.3 is 0 Å². The number of anilines is 1. The molecule has 1 fully saturated rings. The predicted molar refractivity (Wildman–Crippen MR) is 82.6 cm³/mol. The molecule has 0 radical (unpaired) electrons. The summed E-state index contributed by atoms with van der Waals surface area (Å²) in [6, 6.07) is 4.37. The Morgan fingerprint density at radius 1 is 1.45 bits per heavy atom. The van der Waals surface area contributed by atoms with Crippen LogP contribution in [0, 0.1) is 16.0 Å². The fraction of sp³-hybridized carbons (Fsp3) is 0.462. The second-order valence-electron chi connectivity index (χ2n) is 5.20. The highest BCUT2D eigenvalue weighted by atomic mass is 35.7. The molecule has 0 aromatic heterocycles. The molecule has 120 valence electrons. The molecule has 0 N–H and O–H groups in total. The monoisotopic (exact) mass is 346 g/mol. The number of hydrogen-bond acceptors (Lipinski definition) is 5. The second-order valence-corrected chi connectivity index (χ2v) is 8.03. The first kappa shape index (κ1) is 16.7. The van der Waals surface area contributed by atoms with Crippen LogP contribution in [0.2, 0.25) is 0 Å². The molecule has 0 bridgehead atoms. The minimum atomic E-state index is -3.69. The Hall–Kier alpha value is -1.67. The van der Waals surface area contributed by atoms with Crippen molar-refractivity contribution in [2.24, 2.45) is 5.92 Å².